The fourth-order valence-electron chi connectivity index (χ4n) is 2.68. The summed E-state index contributed by atoms with van der Waals surface area (Å²) < 4.78 is 48.8. The van der Waals surface area contributed by atoms with Crippen molar-refractivity contribution in [2.24, 2.45) is 0 Å². The smallest absolute Gasteiger partial charge is 0.433 e. The molecule has 1 aromatic heterocycles. The van der Waals surface area contributed by atoms with Gasteiger partial charge in [-0.25, -0.2) is 4.98 Å². The van der Waals surface area contributed by atoms with Crippen LogP contribution in [0.1, 0.15) is 25.1 Å². The van der Waals surface area contributed by atoms with Gasteiger partial charge in [0.05, 0.1) is 11.9 Å². The summed E-state index contributed by atoms with van der Waals surface area (Å²) in [5, 5.41) is 2.44. The molecule has 2 heterocycles. The lowest BCUT2D eigenvalue weighted by Gasteiger charge is -2.18. The number of hydrogen-bond donors (Lipinski definition) is 1. The van der Waals surface area contributed by atoms with E-state index in [4.69, 9.17) is 9.47 Å². The molecule has 0 fully saturated rings. The molecule has 8 heteroatoms. The normalized spacial score (nSPS) is 15.1. The average Bonchev–Trinajstić information content (AvgIpc) is 2.87. The second-order valence-electron chi connectivity index (χ2n) is 6.55. The van der Waals surface area contributed by atoms with Crippen molar-refractivity contribution in [3.8, 4) is 11.5 Å². The molecule has 0 unspecified atom stereocenters. The highest BCUT2D eigenvalue weighted by molar-refractivity contribution is 5.91. The van der Waals surface area contributed by atoms with Gasteiger partial charge < -0.3 is 14.8 Å². The van der Waals surface area contributed by atoms with Crippen molar-refractivity contribution in [1.29, 1.82) is 0 Å². The molecular formula is C18H17F3N2O3. The number of para-hydroxylation sites is 1. The molecule has 1 aromatic carbocycles. The number of carbonyl (C=O) groups excluding carboxylic acids is 1. The summed E-state index contributed by atoms with van der Waals surface area (Å²) in [6.07, 6.45) is -2.83. The molecular weight excluding hydrogens is 349 g/mol. The quantitative estimate of drug-likeness (QED) is 0.893. The molecule has 0 spiro atoms. The Balaban J connectivity index is 1.60. The molecule has 0 atom stereocenters. The van der Waals surface area contributed by atoms with E-state index >= 15 is 0 Å². The van der Waals surface area contributed by atoms with Crippen LogP contribution in [0, 0.1) is 0 Å². The van der Waals surface area contributed by atoms with Crippen molar-refractivity contribution >= 4 is 11.6 Å². The molecule has 26 heavy (non-hydrogen) atoms. The maximum Gasteiger partial charge on any atom is 0.433 e. The Labute approximate surface area is 148 Å². The Kier molecular flexibility index (Phi) is 4.52. The minimum atomic E-state index is -4.52. The molecule has 0 radical (unpaired) electrons. The van der Waals surface area contributed by atoms with Crippen LogP contribution in [-0.4, -0.2) is 23.1 Å². The van der Waals surface area contributed by atoms with Gasteiger partial charge in [-0.15, -0.1) is 0 Å². The van der Waals surface area contributed by atoms with Crippen LogP contribution in [-0.2, 0) is 17.4 Å². The van der Waals surface area contributed by atoms with Crippen LogP contribution in [0.2, 0.25) is 0 Å². The van der Waals surface area contributed by atoms with Crippen LogP contribution in [0.15, 0.2) is 36.5 Å². The minimum absolute atomic E-state index is 0.155. The molecule has 0 saturated heterocycles. The van der Waals surface area contributed by atoms with E-state index in [2.05, 4.69) is 10.3 Å². The van der Waals surface area contributed by atoms with Gasteiger partial charge in [-0.05, 0) is 32.0 Å². The third kappa shape index (κ3) is 4.07. The summed E-state index contributed by atoms with van der Waals surface area (Å²) in [5.74, 6) is 0.552. The number of ether oxygens (including phenoxy) is 2. The minimum Gasteiger partial charge on any atom is -0.483 e. The summed E-state index contributed by atoms with van der Waals surface area (Å²) in [6.45, 7) is 3.61. The van der Waals surface area contributed by atoms with Crippen LogP contribution >= 0.6 is 0 Å². The molecule has 5 nitrogen and oxygen atoms in total. The van der Waals surface area contributed by atoms with Gasteiger partial charge in [-0.1, -0.05) is 12.1 Å². The number of hydrogen-bond acceptors (Lipinski definition) is 4. The number of aromatic nitrogens is 1. The van der Waals surface area contributed by atoms with E-state index in [-0.39, 0.29) is 17.9 Å². The number of fused-ring (bicyclic) bond motifs is 1. The largest absolute Gasteiger partial charge is 0.483 e. The highest BCUT2D eigenvalue weighted by atomic mass is 19.4. The molecule has 2 aromatic rings. The number of rotatable bonds is 4. The number of anilines is 1. The summed E-state index contributed by atoms with van der Waals surface area (Å²) in [4.78, 5) is 15.3. The molecule has 3 rings (SSSR count). The van der Waals surface area contributed by atoms with Gasteiger partial charge >= 0.3 is 6.18 Å². The van der Waals surface area contributed by atoms with E-state index < -0.39 is 17.8 Å². The Morgan fingerprint density at radius 2 is 2.08 bits per heavy atom. The highest BCUT2D eigenvalue weighted by Crippen LogP contribution is 2.41. The molecule has 1 amide bonds. The zero-order chi connectivity index (χ0) is 18.9. The van der Waals surface area contributed by atoms with Crippen molar-refractivity contribution in [2.75, 3.05) is 11.9 Å². The first-order chi connectivity index (χ1) is 12.1. The fourth-order valence-corrected chi connectivity index (χ4v) is 2.68. The summed E-state index contributed by atoms with van der Waals surface area (Å²) in [6, 6.07) is 7.39. The zero-order valence-electron chi connectivity index (χ0n) is 14.2. The van der Waals surface area contributed by atoms with Crippen molar-refractivity contribution in [3.63, 3.8) is 0 Å². The Bertz CT molecular complexity index is 817. The Morgan fingerprint density at radius 3 is 2.73 bits per heavy atom. The van der Waals surface area contributed by atoms with E-state index in [0.717, 1.165) is 30.3 Å². The van der Waals surface area contributed by atoms with Gasteiger partial charge in [-0.3, -0.25) is 4.79 Å². The number of amides is 1. The van der Waals surface area contributed by atoms with Crippen molar-refractivity contribution in [2.45, 2.75) is 32.0 Å². The van der Waals surface area contributed by atoms with Crippen molar-refractivity contribution in [3.05, 3.63) is 47.8 Å². The standard InChI is InChI=1S/C18H17F3N2O3/c1-17(2)8-11-4-3-5-13(16(11)26-17)25-10-15(24)23-12-6-7-14(22-9-12)18(19,20)21/h3-7,9H,8,10H2,1-2H3,(H,23,24). The van der Waals surface area contributed by atoms with Crippen molar-refractivity contribution < 1.29 is 27.4 Å². The van der Waals surface area contributed by atoms with Crippen molar-refractivity contribution in [1.82, 2.24) is 4.98 Å². The van der Waals surface area contributed by atoms with Gasteiger partial charge in [-0.2, -0.15) is 13.2 Å². The average molecular weight is 366 g/mol. The first kappa shape index (κ1) is 18.0. The number of nitrogens with zero attached hydrogens (tertiary/aromatic N) is 1. The van der Waals surface area contributed by atoms with Gasteiger partial charge in [0.25, 0.3) is 5.91 Å². The summed E-state index contributed by atoms with van der Waals surface area (Å²) >= 11 is 0. The molecule has 0 bridgehead atoms. The molecule has 1 N–H and O–H groups in total. The maximum atomic E-state index is 12.5. The third-order valence-electron chi connectivity index (χ3n) is 3.75. The van der Waals surface area contributed by atoms with Gasteiger partial charge in [0.1, 0.15) is 11.3 Å². The zero-order valence-corrected chi connectivity index (χ0v) is 14.2. The number of carbonyl (C=O) groups is 1. The predicted molar refractivity (Wildman–Crippen MR) is 88.2 cm³/mol. The van der Waals surface area contributed by atoms with E-state index in [1.165, 1.54) is 0 Å². The van der Waals surface area contributed by atoms with E-state index in [1.807, 2.05) is 26.0 Å². The summed E-state index contributed by atoms with van der Waals surface area (Å²) in [7, 11) is 0. The van der Waals surface area contributed by atoms with Gasteiger partial charge in [0.2, 0.25) is 0 Å². The Hall–Kier alpha value is -2.77. The molecule has 1 aliphatic rings. The Morgan fingerprint density at radius 1 is 1.31 bits per heavy atom. The lowest BCUT2D eigenvalue weighted by molar-refractivity contribution is -0.141. The first-order valence-corrected chi connectivity index (χ1v) is 7.91. The molecule has 0 saturated carbocycles. The van der Waals surface area contributed by atoms with Gasteiger partial charge in [0.15, 0.2) is 18.1 Å². The summed E-state index contributed by atoms with van der Waals surface area (Å²) in [5.41, 5.74) is -0.204. The van der Waals surface area contributed by atoms with E-state index in [9.17, 15) is 18.0 Å². The maximum absolute atomic E-state index is 12.5. The second-order valence-corrected chi connectivity index (χ2v) is 6.55. The third-order valence-corrected chi connectivity index (χ3v) is 3.75. The monoisotopic (exact) mass is 366 g/mol. The highest BCUT2D eigenvalue weighted by Gasteiger charge is 2.33. The fraction of sp³-hybridized carbons (Fsp3) is 0.333. The topological polar surface area (TPSA) is 60.5 Å². The van der Waals surface area contributed by atoms with E-state index in [1.54, 1.807) is 6.07 Å². The van der Waals surface area contributed by atoms with Crippen LogP contribution in [0.4, 0.5) is 18.9 Å². The SMILES string of the molecule is CC1(C)Cc2cccc(OCC(=O)Nc3ccc(C(F)(F)F)nc3)c2O1. The van der Waals surface area contributed by atoms with Crippen LogP contribution in [0.25, 0.3) is 0 Å². The number of benzene rings is 1. The molecule has 0 aliphatic carbocycles. The number of pyridine rings is 1. The molecule has 1 aliphatic heterocycles. The first-order valence-electron chi connectivity index (χ1n) is 7.91. The molecule has 138 valence electrons. The van der Waals surface area contributed by atoms with Gasteiger partial charge in [0, 0.05) is 12.0 Å². The lowest BCUT2D eigenvalue weighted by atomic mass is 10.0. The number of halogens is 3. The second kappa shape index (κ2) is 6.51. The van der Waals surface area contributed by atoms with E-state index in [0.29, 0.717) is 11.5 Å². The number of nitrogens with one attached hydrogen (secondary N) is 1. The van der Waals surface area contributed by atoms with Crippen LogP contribution in [0.3, 0.4) is 0 Å². The van der Waals surface area contributed by atoms with Crippen LogP contribution in [0.5, 0.6) is 11.5 Å². The number of alkyl halides is 3. The lowest BCUT2D eigenvalue weighted by Crippen LogP contribution is -2.25. The van der Waals surface area contributed by atoms with Crippen LogP contribution < -0.4 is 14.8 Å². The predicted octanol–water partition coefficient (Wildman–Crippen LogP) is 3.83.